The van der Waals surface area contributed by atoms with Gasteiger partial charge in [-0.2, -0.15) is 0 Å². The zero-order chi connectivity index (χ0) is 37.5. The Balaban J connectivity index is 1.12. The van der Waals surface area contributed by atoms with Gasteiger partial charge in [0.25, 0.3) is 0 Å². The Kier molecular flexibility index (Phi) is 6.79. The molecule has 0 bridgehead atoms. The van der Waals surface area contributed by atoms with Gasteiger partial charge < -0.3 is 13.4 Å². The van der Waals surface area contributed by atoms with Crippen LogP contribution in [0, 0.1) is 0 Å². The molecule has 12 aromatic rings. The van der Waals surface area contributed by atoms with Crippen LogP contribution in [0.3, 0.4) is 0 Å². The van der Waals surface area contributed by atoms with E-state index >= 15 is 0 Å². The van der Waals surface area contributed by atoms with Crippen LogP contribution in [-0.4, -0.2) is 24.5 Å². The molecule has 0 amide bonds. The Hall–Kier alpha value is -7.90. The molecule has 0 aliphatic carbocycles. The van der Waals surface area contributed by atoms with E-state index in [9.17, 15) is 0 Å². The van der Waals surface area contributed by atoms with E-state index < -0.39 is 0 Å². The maximum absolute atomic E-state index is 6.54. The largest absolute Gasteiger partial charge is 0.455 e. The van der Waals surface area contributed by atoms with Crippen molar-refractivity contribution in [1.29, 1.82) is 0 Å². The fourth-order valence-electron chi connectivity index (χ4n) is 8.43. The number of hydrogen-bond donors (Lipinski definition) is 0. The van der Waals surface area contributed by atoms with Gasteiger partial charge in [-0.3, -0.25) is 4.98 Å². The number of fused-ring (bicyclic) bond motifs is 9. The van der Waals surface area contributed by atoms with Crippen molar-refractivity contribution >= 4 is 65.7 Å². The monoisotopic (exact) mass is 731 g/mol. The van der Waals surface area contributed by atoms with Crippen LogP contribution in [0.2, 0.25) is 0 Å². The summed E-state index contributed by atoms with van der Waals surface area (Å²) in [5.74, 6) is 1.63. The molecule has 7 nitrogen and oxygen atoms in total. The fraction of sp³-hybridized carbons (Fsp3) is 0. The Labute approximate surface area is 325 Å². The first-order valence-corrected chi connectivity index (χ1v) is 18.9. The standard InChI is InChI=1S/C50H29N5O2/c1-2-16-39(31(12-1)37-18-11-19-38-34-15-6-10-23-44(34)57-47(37)38)49-52-48(30-24-25-35-36-26-27-51-29-46(36)56-45(35)28-30)53-50(54-49)40-17-5-9-22-43(40)55-41-20-7-3-13-32(41)33-14-4-8-21-42(33)55/h1-29H. The van der Waals surface area contributed by atoms with E-state index in [4.69, 9.17) is 23.8 Å². The van der Waals surface area contributed by atoms with Crippen LogP contribution in [0.5, 0.6) is 0 Å². The van der Waals surface area contributed by atoms with Gasteiger partial charge in [-0.15, -0.1) is 0 Å². The van der Waals surface area contributed by atoms with Crippen LogP contribution in [0.1, 0.15) is 0 Å². The van der Waals surface area contributed by atoms with Crippen LogP contribution in [0.4, 0.5) is 0 Å². The summed E-state index contributed by atoms with van der Waals surface area (Å²) in [6.45, 7) is 0. The molecule has 266 valence electrons. The maximum Gasteiger partial charge on any atom is 0.166 e. The number of para-hydroxylation sites is 5. The van der Waals surface area contributed by atoms with Crippen LogP contribution >= 0.6 is 0 Å². The number of pyridine rings is 1. The Morgan fingerprint density at radius 2 is 0.982 bits per heavy atom. The zero-order valence-corrected chi connectivity index (χ0v) is 30.3. The van der Waals surface area contributed by atoms with Crippen LogP contribution in [0.15, 0.2) is 185 Å². The third-order valence-corrected chi connectivity index (χ3v) is 11.0. The van der Waals surface area contributed by atoms with Gasteiger partial charge in [-0.1, -0.05) is 115 Å². The van der Waals surface area contributed by atoms with E-state index in [1.54, 1.807) is 12.4 Å². The Bertz CT molecular complexity index is 3500. The van der Waals surface area contributed by atoms with E-state index in [1.807, 2.05) is 48.5 Å². The Morgan fingerprint density at radius 1 is 0.386 bits per heavy atom. The highest BCUT2D eigenvalue weighted by molar-refractivity contribution is 6.11. The average Bonchev–Trinajstić information content (AvgIpc) is 3.96. The summed E-state index contributed by atoms with van der Waals surface area (Å²) in [6, 6.07) is 56.3. The summed E-state index contributed by atoms with van der Waals surface area (Å²) in [5.41, 5.74) is 10.8. The zero-order valence-electron chi connectivity index (χ0n) is 30.3. The quantitative estimate of drug-likeness (QED) is 0.175. The number of aromatic nitrogens is 5. The summed E-state index contributed by atoms with van der Waals surface area (Å²) in [7, 11) is 0. The van der Waals surface area contributed by atoms with E-state index in [0.717, 1.165) is 88.4 Å². The molecule has 7 heteroatoms. The fourth-order valence-corrected chi connectivity index (χ4v) is 8.43. The third kappa shape index (κ3) is 4.86. The molecular weight excluding hydrogens is 703 g/mol. The molecular formula is C50H29N5O2. The van der Waals surface area contributed by atoms with Gasteiger partial charge in [0.05, 0.1) is 22.9 Å². The Morgan fingerprint density at radius 3 is 1.81 bits per heavy atom. The lowest BCUT2D eigenvalue weighted by Gasteiger charge is -2.15. The summed E-state index contributed by atoms with van der Waals surface area (Å²) < 4.78 is 15.1. The van der Waals surface area contributed by atoms with E-state index in [1.165, 1.54) is 10.8 Å². The molecule has 5 heterocycles. The molecule has 0 saturated carbocycles. The molecule has 0 N–H and O–H groups in total. The lowest BCUT2D eigenvalue weighted by Crippen LogP contribution is -2.04. The van der Waals surface area contributed by atoms with Gasteiger partial charge in [-0.05, 0) is 54.1 Å². The molecule has 0 aliphatic rings. The van der Waals surface area contributed by atoms with Crippen molar-refractivity contribution in [1.82, 2.24) is 24.5 Å². The summed E-state index contributed by atoms with van der Waals surface area (Å²) in [4.78, 5) is 20.1. The number of nitrogens with zero attached hydrogens (tertiary/aromatic N) is 5. The first-order valence-electron chi connectivity index (χ1n) is 18.9. The summed E-state index contributed by atoms with van der Waals surface area (Å²) in [5, 5.41) is 6.52. The van der Waals surface area contributed by atoms with Gasteiger partial charge in [0, 0.05) is 60.8 Å². The number of rotatable bonds is 5. The molecule has 0 saturated heterocycles. The molecule has 12 rings (SSSR count). The molecule has 0 radical (unpaired) electrons. The van der Waals surface area contributed by atoms with Crippen molar-refractivity contribution in [2.45, 2.75) is 0 Å². The second kappa shape index (κ2) is 12.3. The van der Waals surface area contributed by atoms with Crippen LogP contribution in [-0.2, 0) is 0 Å². The highest BCUT2D eigenvalue weighted by atomic mass is 16.3. The number of furan rings is 2. The maximum atomic E-state index is 6.54. The second-order valence-corrected chi connectivity index (χ2v) is 14.2. The lowest BCUT2D eigenvalue weighted by atomic mass is 9.97. The van der Waals surface area contributed by atoms with Crippen molar-refractivity contribution in [3.63, 3.8) is 0 Å². The molecule has 0 aliphatic heterocycles. The van der Waals surface area contributed by atoms with Gasteiger partial charge in [-0.25, -0.2) is 15.0 Å². The minimum atomic E-state index is 0.532. The molecule has 57 heavy (non-hydrogen) atoms. The SMILES string of the molecule is c1ccc(-c2cccc3c2oc2ccccc23)c(-c2nc(-c3ccc4c(c3)oc3cnccc34)nc(-c3ccccc3-n3c4ccccc4c4ccccc43)n2)c1. The minimum Gasteiger partial charge on any atom is -0.455 e. The molecule has 5 aromatic heterocycles. The van der Waals surface area contributed by atoms with Crippen molar-refractivity contribution in [3.8, 4) is 51.0 Å². The molecule has 0 fully saturated rings. The average molecular weight is 732 g/mol. The number of hydrogen-bond acceptors (Lipinski definition) is 6. The predicted molar refractivity (Wildman–Crippen MR) is 228 cm³/mol. The first-order chi connectivity index (χ1) is 28.3. The van der Waals surface area contributed by atoms with E-state index in [2.05, 4.69) is 125 Å². The highest BCUT2D eigenvalue weighted by Gasteiger charge is 2.22. The highest BCUT2D eigenvalue weighted by Crippen LogP contribution is 2.41. The van der Waals surface area contributed by atoms with Crippen molar-refractivity contribution in [2.75, 3.05) is 0 Å². The lowest BCUT2D eigenvalue weighted by molar-refractivity contribution is 0.667. The second-order valence-electron chi connectivity index (χ2n) is 14.2. The normalized spacial score (nSPS) is 11.9. The van der Waals surface area contributed by atoms with Gasteiger partial charge in [0.2, 0.25) is 0 Å². The van der Waals surface area contributed by atoms with Gasteiger partial charge in [0.1, 0.15) is 16.7 Å². The molecule has 0 unspecified atom stereocenters. The summed E-state index contributed by atoms with van der Waals surface area (Å²) in [6.07, 6.45) is 3.53. The van der Waals surface area contributed by atoms with Crippen LogP contribution < -0.4 is 0 Å². The van der Waals surface area contributed by atoms with E-state index in [-0.39, 0.29) is 0 Å². The minimum absolute atomic E-state index is 0.532. The smallest absolute Gasteiger partial charge is 0.166 e. The topological polar surface area (TPSA) is 82.8 Å². The third-order valence-electron chi connectivity index (χ3n) is 11.0. The van der Waals surface area contributed by atoms with Crippen molar-refractivity contribution in [2.24, 2.45) is 0 Å². The van der Waals surface area contributed by atoms with Crippen molar-refractivity contribution in [3.05, 3.63) is 176 Å². The first kappa shape index (κ1) is 31.5. The van der Waals surface area contributed by atoms with Crippen molar-refractivity contribution < 1.29 is 8.83 Å². The molecule has 7 aromatic carbocycles. The van der Waals surface area contributed by atoms with E-state index in [0.29, 0.717) is 17.5 Å². The van der Waals surface area contributed by atoms with Crippen LogP contribution in [0.25, 0.3) is 117 Å². The molecule has 0 atom stereocenters. The van der Waals surface area contributed by atoms with Gasteiger partial charge >= 0.3 is 0 Å². The molecule has 0 spiro atoms. The van der Waals surface area contributed by atoms with Gasteiger partial charge in [0.15, 0.2) is 23.1 Å². The number of benzene rings is 7. The predicted octanol–water partition coefficient (Wildman–Crippen LogP) is 12.8. The summed E-state index contributed by atoms with van der Waals surface area (Å²) >= 11 is 0.